The summed E-state index contributed by atoms with van der Waals surface area (Å²) in [5, 5.41) is 72.1. The van der Waals surface area contributed by atoms with Crippen LogP contribution in [0.2, 0.25) is 0 Å². The van der Waals surface area contributed by atoms with Crippen molar-refractivity contribution in [3.63, 3.8) is 0 Å². The van der Waals surface area contributed by atoms with Gasteiger partial charge >= 0.3 is 5.97 Å². The molecule has 390 valence electrons. The molecule has 0 aliphatic carbocycles. The minimum Gasteiger partial charge on any atom is -0.457 e. The molecule has 67 heavy (non-hydrogen) atoms. The van der Waals surface area contributed by atoms with E-state index in [1.165, 1.54) is 83.5 Å². The first kappa shape index (κ1) is 61.1. The van der Waals surface area contributed by atoms with E-state index in [4.69, 9.17) is 28.4 Å². The van der Waals surface area contributed by atoms with Crippen LogP contribution in [0, 0.1) is 0 Å². The Bertz CT molecular complexity index is 1290. The third-order valence-electron chi connectivity index (χ3n) is 12.4. The summed E-state index contributed by atoms with van der Waals surface area (Å²) in [7, 11) is 0. The van der Waals surface area contributed by atoms with Crippen LogP contribution >= 0.6 is 0 Å². The highest BCUT2D eigenvalue weighted by atomic mass is 16.7. The van der Waals surface area contributed by atoms with Crippen molar-refractivity contribution in [2.24, 2.45) is 0 Å². The fraction of sp³-hybridized carbons (Fsp3) is 0.830. The number of hydrogen-bond acceptors (Lipinski definition) is 14. The minimum atomic E-state index is -1.71. The Labute approximate surface area is 403 Å². The van der Waals surface area contributed by atoms with Crippen molar-refractivity contribution in [2.45, 2.75) is 248 Å². The molecule has 14 heteroatoms. The summed E-state index contributed by atoms with van der Waals surface area (Å²) in [6.07, 6.45) is 30.3. The Hall–Kier alpha value is -2.05. The molecular weight excluding hydrogens is 861 g/mol. The van der Waals surface area contributed by atoms with Gasteiger partial charge in [0.2, 0.25) is 0 Å². The van der Waals surface area contributed by atoms with E-state index in [2.05, 4.69) is 62.5 Å². The van der Waals surface area contributed by atoms with Gasteiger partial charge in [0.05, 0.1) is 26.4 Å². The predicted molar refractivity (Wildman–Crippen MR) is 261 cm³/mol. The SMILES string of the molecule is CC/C=C\C/C=C\C/C=C\C/C=C\CCCCCCCCCOCC(COC1OC(COC2OC(CO)C(O)C(O)C2O)C(O)C(O)C1O)OC(=O)CCCCCCCCCCCCCCC. The number of carbonyl (C=O) groups excluding carboxylic acids is 1. The zero-order chi connectivity index (χ0) is 48.7. The fourth-order valence-corrected chi connectivity index (χ4v) is 8.10. The van der Waals surface area contributed by atoms with Crippen LogP contribution in [0.1, 0.15) is 181 Å². The van der Waals surface area contributed by atoms with Crippen molar-refractivity contribution < 1.29 is 69.0 Å². The Morgan fingerprint density at radius 1 is 0.507 bits per heavy atom. The summed E-state index contributed by atoms with van der Waals surface area (Å²) in [5.74, 6) is -0.381. The lowest BCUT2D eigenvalue weighted by molar-refractivity contribution is -0.332. The molecule has 2 fully saturated rings. The lowest BCUT2D eigenvalue weighted by atomic mass is 9.98. The fourth-order valence-electron chi connectivity index (χ4n) is 8.10. The van der Waals surface area contributed by atoms with Gasteiger partial charge in [-0.25, -0.2) is 0 Å². The van der Waals surface area contributed by atoms with Crippen LogP contribution in [0.5, 0.6) is 0 Å². The summed E-state index contributed by atoms with van der Waals surface area (Å²) in [6.45, 7) is 3.55. The maximum absolute atomic E-state index is 13.0. The largest absolute Gasteiger partial charge is 0.457 e. The molecule has 7 N–H and O–H groups in total. The summed E-state index contributed by atoms with van der Waals surface area (Å²) in [6, 6.07) is 0. The maximum atomic E-state index is 13.0. The van der Waals surface area contributed by atoms with Crippen LogP contribution < -0.4 is 0 Å². The standard InChI is InChI=1S/C53H94O14/c1-3-5-7-9-11-13-15-17-18-19-20-21-22-23-25-27-29-31-33-35-37-62-39-42(65-45(55)36-34-32-30-28-26-24-16-14-12-10-8-6-4-2)40-63-52-51(61)49(59)47(57)44(67-52)41-64-53-50(60)48(58)46(56)43(38-54)66-53/h5,7,11,13,17-18,20-21,42-44,46-54,56-61H,3-4,6,8-10,12,14-16,19,22-41H2,1-2H3/b7-5-,13-11-,18-17-,21-20-. The first-order chi connectivity index (χ1) is 32.6. The molecule has 11 unspecified atom stereocenters. The van der Waals surface area contributed by atoms with Crippen LogP contribution in [0.25, 0.3) is 0 Å². The second kappa shape index (κ2) is 40.7. The van der Waals surface area contributed by atoms with Crippen LogP contribution in [0.3, 0.4) is 0 Å². The van der Waals surface area contributed by atoms with Gasteiger partial charge in [-0.15, -0.1) is 0 Å². The van der Waals surface area contributed by atoms with E-state index in [9.17, 15) is 40.5 Å². The maximum Gasteiger partial charge on any atom is 0.306 e. The van der Waals surface area contributed by atoms with Gasteiger partial charge in [0.1, 0.15) is 54.9 Å². The van der Waals surface area contributed by atoms with Crippen LogP contribution in [-0.4, -0.2) is 142 Å². The van der Waals surface area contributed by atoms with Gasteiger partial charge in [-0.05, 0) is 51.4 Å². The smallest absolute Gasteiger partial charge is 0.306 e. The van der Waals surface area contributed by atoms with Crippen molar-refractivity contribution in [3.8, 4) is 0 Å². The zero-order valence-electron chi connectivity index (χ0n) is 41.4. The highest BCUT2D eigenvalue weighted by molar-refractivity contribution is 5.69. The Morgan fingerprint density at radius 2 is 0.970 bits per heavy atom. The van der Waals surface area contributed by atoms with E-state index in [1.807, 2.05) is 0 Å². The van der Waals surface area contributed by atoms with Gasteiger partial charge in [-0.1, -0.05) is 172 Å². The third-order valence-corrected chi connectivity index (χ3v) is 12.4. The number of ether oxygens (including phenoxy) is 6. The Balaban J connectivity index is 1.75. The first-order valence-electron chi connectivity index (χ1n) is 26.2. The number of unbranched alkanes of at least 4 members (excludes halogenated alkanes) is 19. The van der Waals surface area contributed by atoms with Crippen molar-refractivity contribution in [1.29, 1.82) is 0 Å². The number of aliphatic hydroxyl groups excluding tert-OH is 7. The molecule has 0 aromatic carbocycles. The zero-order valence-corrected chi connectivity index (χ0v) is 41.4. The van der Waals surface area contributed by atoms with Crippen LogP contribution in [-0.2, 0) is 33.2 Å². The van der Waals surface area contributed by atoms with Crippen molar-refractivity contribution in [3.05, 3.63) is 48.6 Å². The van der Waals surface area contributed by atoms with Gasteiger partial charge in [-0.3, -0.25) is 4.79 Å². The highest BCUT2D eigenvalue weighted by Crippen LogP contribution is 2.26. The molecule has 0 saturated carbocycles. The number of rotatable bonds is 41. The van der Waals surface area contributed by atoms with E-state index in [1.54, 1.807) is 0 Å². The average Bonchev–Trinajstić information content (AvgIpc) is 3.32. The number of allylic oxidation sites excluding steroid dienone is 8. The van der Waals surface area contributed by atoms with Gasteiger partial charge in [-0.2, -0.15) is 0 Å². The lowest BCUT2D eigenvalue weighted by Crippen LogP contribution is -2.61. The van der Waals surface area contributed by atoms with Gasteiger partial charge < -0.3 is 64.2 Å². The molecule has 2 aliphatic rings. The molecular formula is C53H94O14. The molecule has 2 heterocycles. The summed E-state index contributed by atoms with van der Waals surface area (Å²) >= 11 is 0. The van der Waals surface area contributed by atoms with E-state index in [-0.39, 0.29) is 25.6 Å². The molecule has 0 bridgehead atoms. The first-order valence-corrected chi connectivity index (χ1v) is 26.2. The number of esters is 1. The molecule has 0 aromatic heterocycles. The predicted octanol–water partition coefficient (Wildman–Crippen LogP) is 7.96. The number of carbonyl (C=O) groups is 1. The van der Waals surface area contributed by atoms with E-state index >= 15 is 0 Å². The van der Waals surface area contributed by atoms with Crippen molar-refractivity contribution in [2.75, 3.05) is 33.0 Å². The minimum absolute atomic E-state index is 0.0548. The van der Waals surface area contributed by atoms with E-state index in [0.717, 1.165) is 70.6 Å². The quantitative estimate of drug-likeness (QED) is 0.0176. The summed E-state index contributed by atoms with van der Waals surface area (Å²) < 4.78 is 34.3. The van der Waals surface area contributed by atoms with Crippen LogP contribution in [0.15, 0.2) is 48.6 Å². The monoisotopic (exact) mass is 955 g/mol. The van der Waals surface area contributed by atoms with E-state index in [0.29, 0.717) is 13.0 Å². The third kappa shape index (κ3) is 28.4. The van der Waals surface area contributed by atoms with Gasteiger partial charge in [0.25, 0.3) is 0 Å². The van der Waals surface area contributed by atoms with Crippen molar-refractivity contribution >= 4 is 5.97 Å². The molecule has 2 aliphatic heterocycles. The molecule has 2 saturated heterocycles. The highest BCUT2D eigenvalue weighted by Gasteiger charge is 2.47. The topological polar surface area (TPSA) is 214 Å². The average molecular weight is 955 g/mol. The second-order valence-electron chi connectivity index (χ2n) is 18.3. The summed E-state index contributed by atoms with van der Waals surface area (Å²) in [5.41, 5.74) is 0. The second-order valence-corrected chi connectivity index (χ2v) is 18.3. The van der Waals surface area contributed by atoms with Crippen molar-refractivity contribution in [1.82, 2.24) is 0 Å². The summed E-state index contributed by atoms with van der Waals surface area (Å²) in [4.78, 5) is 13.0. The van der Waals surface area contributed by atoms with E-state index < -0.39 is 80.7 Å². The molecule has 2 rings (SSSR count). The lowest BCUT2D eigenvalue weighted by Gasteiger charge is -2.42. The molecule has 0 aromatic rings. The molecule has 0 amide bonds. The van der Waals surface area contributed by atoms with Crippen LogP contribution in [0.4, 0.5) is 0 Å². The normalized spacial score (nSPS) is 26.5. The number of hydrogen-bond donors (Lipinski definition) is 7. The van der Waals surface area contributed by atoms with Gasteiger partial charge in [0, 0.05) is 13.0 Å². The molecule has 0 radical (unpaired) electrons. The number of aliphatic hydroxyl groups is 7. The Morgan fingerprint density at radius 3 is 1.52 bits per heavy atom. The Kier molecular flexibility index (Phi) is 37.1. The molecule has 14 nitrogen and oxygen atoms in total. The molecule has 11 atom stereocenters. The van der Waals surface area contributed by atoms with Gasteiger partial charge in [0.15, 0.2) is 12.6 Å². The molecule has 0 spiro atoms.